The Labute approximate surface area is 179 Å². The van der Waals surface area contributed by atoms with Crippen molar-refractivity contribution >= 4 is 17.4 Å². The van der Waals surface area contributed by atoms with Gasteiger partial charge in [-0.15, -0.1) is 13.2 Å². The number of nitrogens with zero attached hydrogens (tertiary/aromatic N) is 3. The monoisotopic (exact) mass is 435 g/mol. The standard InChI is InChI=1S/C22H26F3N4O2/c1-15(2)30-21(11-4-3-5-12-21)29-18(14-27-20(29)10-9-19(26)28-29)16-7-6-8-17(13-16)31-22(23,24)25/h6-10,13-15H,3-5,11-12H2,1-2H3,(H2,26,28)/q+1. The molecule has 0 saturated heterocycles. The van der Waals surface area contributed by atoms with E-state index < -0.39 is 12.1 Å². The molecule has 0 spiro atoms. The fourth-order valence-electron chi connectivity index (χ4n) is 4.73. The molecule has 0 bridgehead atoms. The molecule has 2 heterocycles. The maximum absolute atomic E-state index is 12.8. The van der Waals surface area contributed by atoms with Crippen molar-refractivity contribution in [3.05, 3.63) is 48.2 Å². The summed E-state index contributed by atoms with van der Waals surface area (Å²) in [4.78, 5) is 4.59. The summed E-state index contributed by atoms with van der Waals surface area (Å²) in [5.41, 5.74) is 6.53. The summed E-state index contributed by atoms with van der Waals surface area (Å²) in [7, 11) is 0. The summed E-state index contributed by atoms with van der Waals surface area (Å²) in [5, 5.41) is 4.84. The molecular weight excluding hydrogens is 409 g/mol. The second-order valence-corrected chi connectivity index (χ2v) is 8.24. The van der Waals surface area contributed by atoms with E-state index in [1.54, 1.807) is 18.3 Å². The first-order chi connectivity index (χ1) is 14.7. The summed E-state index contributed by atoms with van der Waals surface area (Å²) in [6.45, 7) is 3.94. The zero-order valence-electron chi connectivity index (χ0n) is 17.5. The maximum atomic E-state index is 12.8. The number of halogens is 3. The van der Waals surface area contributed by atoms with Gasteiger partial charge in [0.2, 0.25) is 5.72 Å². The minimum Gasteiger partial charge on any atom is -0.406 e. The third-order valence-corrected chi connectivity index (χ3v) is 5.71. The van der Waals surface area contributed by atoms with E-state index in [4.69, 9.17) is 15.6 Å². The van der Waals surface area contributed by atoms with Crippen LogP contribution >= 0.6 is 0 Å². The Morgan fingerprint density at radius 2 is 1.87 bits per heavy atom. The molecule has 1 unspecified atom stereocenters. The lowest BCUT2D eigenvalue weighted by Crippen LogP contribution is -2.65. The predicted molar refractivity (Wildman–Crippen MR) is 112 cm³/mol. The van der Waals surface area contributed by atoms with E-state index in [0.717, 1.165) is 32.1 Å². The second kappa shape index (κ2) is 7.80. The van der Waals surface area contributed by atoms with Gasteiger partial charge in [0, 0.05) is 24.5 Å². The number of ether oxygens (including phenoxy) is 2. The highest BCUT2D eigenvalue weighted by Gasteiger charge is 2.63. The quantitative estimate of drug-likeness (QED) is 0.659. The van der Waals surface area contributed by atoms with Gasteiger partial charge in [-0.3, -0.25) is 0 Å². The van der Waals surface area contributed by atoms with Crippen LogP contribution in [0.5, 0.6) is 5.75 Å². The molecule has 3 aliphatic rings. The molecule has 4 rings (SSSR count). The van der Waals surface area contributed by atoms with Gasteiger partial charge in [-0.1, -0.05) is 17.1 Å². The van der Waals surface area contributed by atoms with E-state index in [-0.39, 0.29) is 16.4 Å². The van der Waals surface area contributed by atoms with Gasteiger partial charge in [-0.05, 0) is 56.1 Å². The highest BCUT2D eigenvalue weighted by Crippen LogP contribution is 2.51. The summed E-state index contributed by atoms with van der Waals surface area (Å²) < 4.78 is 49.0. The Kier molecular flexibility index (Phi) is 5.43. The minimum absolute atomic E-state index is 0.0871. The van der Waals surface area contributed by atoms with Gasteiger partial charge >= 0.3 is 6.36 Å². The molecule has 1 fully saturated rings. The molecule has 0 radical (unpaired) electrons. The smallest absolute Gasteiger partial charge is 0.406 e. The van der Waals surface area contributed by atoms with Crippen LogP contribution in [0.25, 0.3) is 5.70 Å². The van der Waals surface area contributed by atoms with Crippen molar-refractivity contribution in [1.29, 1.82) is 0 Å². The Balaban J connectivity index is 1.86. The number of fused-ring (bicyclic) bond motifs is 1. The second-order valence-electron chi connectivity index (χ2n) is 8.24. The summed E-state index contributed by atoms with van der Waals surface area (Å²) >= 11 is 0. The van der Waals surface area contributed by atoms with E-state index in [0.29, 0.717) is 22.9 Å². The van der Waals surface area contributed by atoms with Crippen molar-refractivity contribution < 1.29 is 27.2 Å². The molecular formula is C22H26F3N4O2+. The lowest BCUT2D eigenvalue weighted by Gasteiger charge is -2.49. The van der Waals surface area contributed by atoms with Gasteiger partial charge in [0.05, 0.1) is 12.3 Å². The molecule has 6 nitrogen and oxygen atoms in total. The van der Waals surface area contributed by atoms with Gasteiger partial charge in [0.15, 0.2) is 11.5 Å². The zero-order valence-corrected chi connectivity index (χ0v) is 17.5. The number of quaternary nitrogens is 1. The van der Waals surface area contributed by atoms with Crippen LogP contribution in [0.3, 0.4) is 0 Å². The van der Waals surface area contributed by atoms with Crippen LogP contribution < -0.4 is 10.5 Å². The molecule has 1 aromatic rings. The van der Waals surface area contributed by atoms with Crippen molar-refractivity contribution in [2.75, 3.05) is 0 Å². The van der Waals surface area contributed by atoms with Crippen LogP contribution in [0.4, 0.5) is 13.2 Å². The molecule has 1 aliphatic carbocycles. The lowest BCUT2D eigenvalue weighted by molar-refractivity contribution is -0.870. The number of hydrogen-bond acceptors (Lipinski definition) is 5. The molecule has 9 heteroatoms. The highest BCUT2D eigenvalue weighted by molar-refractivity contribution is 6.04. The third kappa shape index (κ3) is 3.87. The number of nitrogens with two attached hydrogens (primary N) is 1. The molecule has 2 aliphatic heterocycles. The van der Waals surface area contributed by atoms with Crippen molar-refractivity contribution in [3.63, 3.8) is 0 Å². The molecule has 1 atom stereocenters. The first-order valence-corrected chi connectivity index (χ1v) is 10.4. The zero-order chi connectivity index (χ0) is 22.3. The predicted octanol–water partition coefficient (Wildman–Crippen LogP) is 5.04. The van der Waals surface area contributed by atoms with Gasteiger partial charge < -0.3 is 15.2 Å². The number of rotatable bonds is 5. The van der Waals surface area contributed by atoms with E-state index in [9.17, 15) is 13.2 Å². The van der Waals surface area contributed by atoms with Gasteiger partial charge in [-0.25, -0.2) is 0 Å². The van der Waals surface area contributed by atoms with Gasteiger partial charge in [-0.2, -0.15) is 4.99 Å². The van der Waals surface area contributed by atoms with Gasteiger partial charge in [0.1, 0.15) is 5.75 Å². The fourth-order valence-corrected chi connectivity index (χ4v) is 4.73. The Hall–Kier alpha value is -2.65. The molecule has 0 amide bonds. The highest BCUT2D eigenvalue weighted by atomic mass is 19.4. The molecule has 1 aromatic carbocycles. The SMILES string of the molecule is CC(C)OC1([N+]23N=C(N)C=CC2=NC=C3c2cccc(OC(F)(F)F)c2)CCCCC1. The molecule has 31 heavy (non-hydrogen) atoms. The van der Waals surface area contributed by atoms with E-state index in [1.807, 2.05) is 19.9 Å². The molecule has 0 aromatic heterocycles. The van der Waals surface area contributed by atoms with Crippen LogP contribution in [0.2, 0.25) is 0 Å². The van der Waals surface area contributed by atoms with Crippen molar-refractivity contribution in [3.8, 4) is 5.75 Å². The first kappa shape index (κ1) is 21.6. The fraction of sp³-hybridized carbons (Fsp3) is 0.455. The normalized spacial score (nSPS) is 25.0. The molecule has 2 N–H and O–H groups in total. The van der Waals surface area contributed by atoms with E-state index in [2.05, 4.69) is 9.73 Å². The number of hydrogen-bond donors (Lipinski definition) is 1. The Morgan fingerprint density at radius 1 is 1.13 bits per heavy atom. The van der Waals surface area contributed by atoms with Crippen molar-refractivity contribution in [2.45, 2.75) is 64.1 Å². The summed E-state index contributed by atoms with van der Waals surface area (Å²) in [6, 6.07) is 5.87. The van der Waals surface area contributed by atoms with Gasteiger partial charge in [0.25, 0.3) is 5.84 Å². The number of amidine groups is 2. The molecule has 1 saturated carbocycles. The van der Waals surface area contributed by atoms with Crippen LogP contribution in [-0.2, 0) is 4.74 Å². The Morgan fingerprint density at radius 3 is 2.55 bits per heavy atom. The average molecular weight is 435 g/mol. The van der Waals surface area contributed by atoms with Crippen LogP contribution in [0.15, 0.2) is 52.7 Å². The summed E-state index contributed by atoms with van der Waals surface area (Å²) in [5.74, 6) is 0.644. The minimum atomic E-state index is -4.78. The average Bonchev–Trinajstić information content (AvgIpc) is 3.07. The largest absolute Gasteiger partial charge is 0.573 e. The maximum Gasteiger partial charge on any atom is 0.573 e. The number of alkyl halides is 3. The van der Waals surface area contributed by atoms with E-state index >= 15 is 0 Å². The van der Waals surface area contributed by atoms with Crippen LogP contribution in [-0.4, -0.2) is 34.5 Å². The number of aliphatic imine (C=N–C) groups is 1. The third-order valence-electron chi connectivity index (χ3n) is 5.71. The van der Waals surface area contributed by atoms with E-state index in [1.165, 1.54) is 18.2 Å². The van der Waals surface area contributed by atoms with Crippen LogP contribution in [0.1, 0.15) is 51.5 Å². The topological polar surface area (TPSA) is 69.2 Å². The van der Waals surface area contributed by atoms with Crippen molar-refractivity contribution in [2.24, 2.45) is 15.8 Å². The van der Waals surface area contributed by atoms with Crippen LogP contribution in [0, 0.1) is 0 Å². The molecule has 166 valence electrons. The first-order valence-electron chi connectivity index (χ1n) is 10.4. The lowest BCUT2D eigenvalue weighted by atomic mass is 9.87. The number of benzene rings is 1. The van der Waals surface area contributed by atoms with Crippen molar-refractivity contribution in [1.82, 2.24) is 0 Å². The Bertz CT molecular complexity index is 975. The summed E-state index contributed by atoms with van der Waals surface area (Å²) in [6.07, 6.45) is 4.70.